The van der Waals surface area contributed by atoms with Gasteiger partial charge in [-0.3, -0.25) is 4.99 Å². The highest BCUT2D eigenvalue weighted by atomic mass is 16.3. The predicted octanol–water partition coefficient (Wildman–Crippen LogP) is 3.21. The van der Waals surface area contributed by atoms with Crippen LogP contribution < -0.4 is 5.32 Å². The maximum atomic E-state index is 5.90. The first-order valence-electron chi connectivity index (χ1n) is 9.88. The Kier molecular flexibility index (Phi) is 6.56. The summed E-state index contributed by atoms with van der Waals surface area (Å²) in [5.74, 6) is 2.78. The first-order chi connectivity index (χ1) is 12.7. The number of aliphatic imine (C=N–C) groups is 1. The molecule has 1 atom stereocenters. The average Bonchev–Trinajstić information content (AvgIpc) is 3.29. The third-order valence-electron chi connectivity index (χ3n) is 5.34. The van der Waals surface area contributed by atoms with Crippen LogP contribution in [0.15, 0.2) is 39.7 Å². The highest BCUT2D eigenvalue weighted by molar-refractivity contribution is 5.80. The Hall–Kier alpha value is -2.01. The molecule has 2 heterocycles. The van der Waals surface area contributed by atoms with Gasteiger partial charge in [0.15, 0.2) is 5.96 Å². The fourth-order valence-corrected chi connectivity index (χ4v) is 3.81. The highest BCUT2D eigenvalue weighted by Crippen LogP contribution is 2.19. The van der Waals surface area contributed by atoms with Crippen molar-refractivity contribution in [2.24, 2.45) is 10.9 Å². The molecule has 0 spiro atoms. The van der Waals surface area contributed by atoms with E-state index in [2.05, 4.69) is 46.1 Å². The molecule has 26 heavy (non-hydrogen) atoms. The second-order valence-corrected chi connectivity index (χ2v) is 7.06. The van der Waals surface area contributed by atoms with E-state index in [0.717, 1.165) is 62.4 Å². The second-order valence-electron chi connectivity index (χ2n) is 7.06. The normalized spacial score (nSPS) is 18.2. The van der Waals surface area contributed by atoms with Gasteiger partial charge in [-0.05, 0) is 37.6 Å². The quantitative estimate of drug-likeness (QED) is 0.611. The lowest BCUT2D eigenvalue weighted by atomic mass is 10.1. The zero-order valence-electron chi connectivity index (χ0n) is 16.4. The van der Waals surface area contributed by atoms with E-state index < -0.39 is 0 Å². The lowest BCUT2D eigenvalue weighted by Gasteiger charge is -2.24. The van der Waals surface area contributed by atoms with Crippen molar-refractivity contribution in [3.8, 4) is 0 Å². The van der Waals surface area contributed by atoms with Gasteiger partial charge in [-0.25, -0.2) is 0 Å². The Balaban J connectivity index is 1.47. The maximum absolute atomic E-state index is 5.90. The molecule has 0 amide bonds. The molecule has 1 unspecified atom stereocenters. The summed E-state index contributed by atoms with van der Waals surface area (Å²) in [6.45, 7) is 11.0. The molecule has 1 saturated heterocycles. The van der Waals surface area contributed by atoms with Crippen LogP contribution in [0.2, 0.25) is 0 Å². The summed E-state index contributed by atoms with van der Waals surface area (Å²) in [7, 11) is 1.88. The SMILES string of the molecule is CCN(CC)CC1CCN(C(=NC)NCCc2cc3ccccc3o2)C1. The van der Waals surface area contributed by atoms with Crippen molar-refractivity contribution in [3.05, 3.63) is 36.1 Å². The first-order valence-corrected chi connectivity index (χ1v) is 9.88. The summed E-state index contributed by atoms with van der Waals surface area (Å²) in [5, 5.41) is 4.68. The molecule has 0 aliphatic carbocycles. The van der Waals surface area contributed by atoms with Crippen molar-refractivity contribution in [1.82, 2.24) is 15.1 Å². The Labute approximate surface area is 157 Å². The van der Waals surface area contributed by atoms with E-state index in [0.29, 0.717) is 0 Å². The summed E-state index contributed by atoms with van der Waals surface area (Å²) in [5.41, 5.74) is 0.964. The first kappa shape index (κ1) is 18.8. The van der Waals surface area contributed by atoms with Crippen LogP contribution in [0.3, 0.4) is 0 Å². The molecule has 1 aromatic carbocycles. The molecular formula is C21H32N4O. The van der Waals surface area contributed by atoms with Crippen molar-refractivity contribution < 1.29 is 4.42 Å². The highest BCUT2D eigenvalue weighted by Gasteiger charge is 2.25. The zero-order chi connectivity index (χ0) is 18.4. The fraction of sp³-hybridized carbons (Fsp3) is 0.571. The van der Waals surface area contributed by atoms with E-state index in [1.165, 1.54) is 18.4 Å². The number of rotatable bonds is 7. The minimum absolute atomic E-state index is 0.740. The molecule has 2 aromatic rings. The Morgan fingerprint density at radius 1 is 1.31 bits per heavy atom. The number of likely N-dealkylation sites (tertiary alicyclic amines) is 1. The van der Waals surface area contributed by atoms with Crippen LogP contribution in [0.25, 0.3) is 11.0 Å². The summed E-state index contributed by atoms with van der Waals surface area (Å²) in [4.78, 5) is 9.40. The minimum Gasteiger partial charge on any atom is -0.461 e. The van der Waals surface area contributed by atoms with E-state index >= 15 is 0 Å². The fourth-order valence-electron chi connectivity index (χ4n) is 3.81. The largest absolute Gasteiger partial charge is 0.461 e. The number of nitrogens with one attached hydrogen (secondary N) is 1. The molecule has 0 radical (unpaired) electrons. The molecule has 1 aliphatic heterocycles. The van der Waals surface area contributed by atoms with Gasteiger partial charge in [-0.2, -0.15) is 0 Å². The van der Waals surface area contributed by atoms with Crippen molar-refractivity contribution in [2.75, 3.05) is 46.3 Å². The van der Waals surface area contributed by atoms with Gasteiger partial charge in [0.25, 0.3) is 0 Å². The monoisotopic (exact) mass is 356 g/mol. The number of hydrogen-bond acceptors (Lipinski definition) is 3. The third-order valence-corrected chi connectivity index (χ3v) is 5.34. The standard InChI is InChI=1S/C21H32N4O/c1-4-24(5-2)15-17-11-13-25(16-17)21(22-3)23-12-10-19-14-18-8-6-7-9-20(18)26-19/h6-9,14,17H,4-5,10-13,15-16H2,1-3H3,(H,22,23). The lowest BCUT2D eigenvalue weighted by molar-refractivity contribution is 0.255. The number of nitrogens with zero attached hydrogens (tertiary/aromatic N) is 3. The Morgan fingerprint density at radius 3 is 2.85 bits per heavy atom. The molecule has 1 aromatic heterocycles. The van der Waals surface area contributed by atoms with Gasteiger partial charge < -0.3 is 19.5 Å². The molecule has 1 aliphatic rings. The summed E-state index contributed by atoms with van der Waals surface area (Å²) in [6, 6.07) is 10.3. The van der Waals surface area contributed by atoms with Crippen LogP contribution in [0, 0.1) is 5.92 Å². The molecule has 142 valence electrons. The van der Waals surface area contributed by atoms with Gasteiger partial charge in [0.2, 0.25) is 0 Å². The van der Waals surface area contributed by atoms with Gasteiger partial charge in [-0.15, -0.1) is 0 Å². The van der Waals surface area contributed by atoms with E-state index in [4.69, 9.17) is 4.42 Å². The summed E-state index contributed by atoms with van der Waals surface area (Å²) >= 11 is 0. The summed E-state index contributed by atoms with van der Waals surface area (Å²) in [6.07, 6.45) is 2.12. The molecule has 0 saturated carbocycles. The Morgan fingerprint density at radius 2 is 2.12 bits per heavy atom. The molecule has 1 fully saturated rings. The van der Waals surface area contributed by atoms with Gasteiger partial charge in [-0.1, -0.05) is 32.0 Å². The van der Waals surface area contributed by atoms with Crippen molar-refractivity contribution in [2.45, 2.75) is 26.7 Å². The molecule has 5 nitrogen and oxygen atoms in total. The maximum Gasteiger partial charge on any atom is 0.193 e. The van der Waals surface area contributed by atoms with E-state index in [1.54, 1.807) is 0 Å². The third kappa shape index (κ3) is 4.58. The predicted molar refractivity (Wildman–Crippen MR) is 109 cm³/mol. The smallest absolute Gasteiger partial charge is 0.193 e. The molecular weight excluding hydrogens is 324 g/mol. The van der Waals surface area contributed by atoms with Crippen LogP contribution in [0.4, 0.5) is 0 Å². The number of furan rings is 1. The molecule has 0 bridgehead atoms. The van der Waals surface area contributed by atoms with Crippen LogP contribution in [-0.4, -0.2) is 62.1 Å². The Bertz CT molecular complexity index is 687. The van der Waals surface area contributed by atoms with Crippen molar-refractivity contribution >= 4 is 16.9 Å². The summed E-state index contributed by atoms with van der Waals surface area (Å²) < 4.78 is 5.90. The van der Waals surface area contributed by atoms with Gasteiger partial charge in [0.05, 0.1) is 0 Å². The number of hydrogen-bond donors (Lipinski definition) is 1. The minimum atomic E-state index is 0.740. The molecule has 3 rings (SSSR count). The van der Waals surface area contributed by atoms with Crippen molar-refractivity contribution in [3.63, 3.8) is 0 Å². The molecule has 5 heteroatoms. The van der Waals surface area contributed by atoms with E-state index in [1.807, 2.05) is 25.2 Å². The van der Waals surface area contributed by atoms with Crippen LogP contribution in [-0.2, 0) is 6.42 Å². The number of fused-ring (bicyclic) bond motifs is 1. The van der Waals surface area contributed by atoms with Crippen molar-refractivity contribution in [1.29, 1.82) is 0 Å². The average molecular weight is 357 g/mol. The van der Waals surface area contributed by atoms with Crippen LogP contribution in [0.5, 0.6) is 0 Å². The van der Waals surface area contributed by atoms with E-state index in [-0.39, 0.29) is 0 Å². The van der Waals surface area contributed by atoms with Gasteiger partial charge in [0.1, 0.15) is 11.3 Å². The lowest BCUT2D eigenvalue weighted by Crippen LogP contribution is -2.41. The second kappa shape index (κ2) is 9.08. The van der Waals surface area contributed by atoms with Gasteiger partial charge >= 0.3 is 0 Å². The van der Waals surface area contributed by atoms with Crippen LogP contribution >= 0.6 is 0 Å². The topological polar surface area (TPSA) is 44.0 Å². The van der Waals surface area contributed by atoms with E-state index in [9.17, 15) is 0 Å². The van der Waals surface area contributed by atoms with Gasteiger partial charge in [0, 0.05) is 45.0 Å². The number of guanidine groups is 1. The number of para-hydroxylation sites is 1. The zero-order valence-corrected chi connectivity index (χ0v) is 16.4. The number of benzene rings is 1. The molecule has 1 N–H and O–H groups in total. The van der Waals surface area contributed by atoms with Crippen LogP contribution in [0.1, 0.15) is 26.0 Å².